The van der Waals surface area contributed by atoms with E-state index in [-0.39, 0.29) is 5.82 Å². The van der Waals surface area contributed by atoms with Crippen molar-refractivity contribution in [1.82, 2.24) is 5.32 Å². The largest absolute Gasteiger partial charge is 0.490 e. The zero-order valence-electron chi connectivity index (χ0n) is 9.05. The molecule has 2 nitrogen and oxygen atoms in total. The molecule has 0 saturated carbocycles. The third kappa shape index (κ3) is 1.61. The minimum absolute atomic E-state index is 0.218. The van der Waals surface area contributed by atoms with Crippen LogP contribution < -0.4 is 10.1 Å². The number of benzene rings is 1. The zero-order chi connectivity index (χ0) is 11.0. The van der Waals surface area contributed by atoms with Gasteiger partial charge in [-0.25, -0.2) is 4.39 Å². The lowest BCUT2D eigenvalue weighted by atomic mass is 9.97. The van der Waals surface area contributed by atoms with Gasteiger partial charge in [-0.1, -0.05) is 6.08 Å². The van der Waals surface area contributed by atoms with Crippen LogP contribution in [-0.4, -0.2) is 19.7 Å². The van der Waals surface area contributed by atoms with Crippen molar-refractivity contribution >= 4 is 5.57 Å². The van der Waals surface area contributed by atoms with Crippen LogP contribution in [0, 0.1) is 5.82 Å². The molecule has 3 rings (SSSR count). The standard InChI is InChI=1S/C13H14FNO/c14-12-8-11(9-1-4-15-5-2-9)7-10-3-6-16-13(10)12/h1,7-8,15H,2-6H2. The van der Waals surface area contributed by atoms with Gasteiger partial charge in [0, 0.05) is 18.5 Å². The lowest BCUT2D eigenvalue weighted by molar-refractivity contribution is 0.339. The van der Waals surface area contributed by atoms with E-state index >= 15 is 0 Å². The molecular formula is C13H14FNO. The second-order valence-corrected chi connectivity index (χ2v) is 4.23. The average molecular weight is 219 g/mol. The van der Waals surface area contributed by atoms with Gasteiger partial charge in [0.2, 0.25) is 0 Å². The molecule has 0 amide bonds. The predicted octanol–water partition coefficient (Wildman–Crippen LogP) is 2.14. The molecule has 2 heterocycles. The Labute approximate surface area is 94.1 Å². The van der Waals surface area contributed by atoms with Gasteiger partial charge in [-0.15, -0.1) is 0 Å². The molecule has 1 aromatic rings. The molecule has 84 valence electrons. The van der Waals surface area contributed by atoms with Crippen molar-refractivity contribution in [3.8, 4) is 5.75 Å². The van der Waals surface area contributed by atoms with E-state index in [4.69, 9.17) is 4.74 Å². The maximum absolute atomic E-state index is 13.7. The third-order valence-corrected chi connectivity index (χ3v) is 3.17. The highest BCUT2D eigenvalue weighted by molar-refractivity contribution is 5.68. The van der Waals surface area contributed by atoms with Gasteiger partial charge in [0.15, 0.2) is 11.6 Å². The fourth-order valence-corrected chi connectivity index (χ4v) is 2.33. The second kappa shape index (κ2) is 3.91. The molecule has 0 fully saturated rings. The molecule has 0 spiro atoms. The van der Waals surface area contributed by atoms with Gasteiger partial charge >= 0.3 is 0 Å². The van der Waals surface area contributed by atoms with Gasteiger partial charge in [-0.3, -0.25) is 0 Å². The number of halogens is 1. The first-order valence-electron chi connectivity index (χ1n) is 5.70. The van der Waals surface area contributed by atoms with Gasteiger partial charge < -0.3 is 10.1 Å². The van der Waals surface area contributed by atoms with Crippen LogP contribution in [0.15, 0.2) is 18.2 Å². The SMILES string of the molecule is Fc1cc(C2=CCNCC2)cc2c1OCC2. The highest BCUT2D eigenvalue weighted by Crippen LogP contribution is 2.32. The number of rotatable bonds is 1. The number of nitrogens with one attached hydrogen (secondary N) is 1. The summed E-state index contributed by atoms with van der Waals surface area (Å²) in [5, 5.41) is 3.26. The van der Waals surface area contributed by atoms with Crippen molar-refractivity contribution in [3.63, 3.8) is 0 Å². The Kier molecular flexibility index (Phi) is 2.40. The van der Waals surface area contributed by atoms with Crippen LogP contribution in [0.25, 0.3) is 5.57 Å². The van der Waals surface area contributed by atoms with Crippen molar-refractivity contribution in [3.05, 3.63) is 35.2 Å². The van der Waals surface area contributed by atoms with E-state index in [0.717, 1.165) is 37.1 Å². The first-order valence-corrected chi connectivity index (χ1v) is 5.70. The molecule has 16 heavy (non-hydrogen) atoms. The molecule has 0 bridgehead atoms. The van der Waals surface area contributed by atoms with Crippen LogP contribution in [0.1, 0.15) is 17.5 Å². The Morgan fingerprint density at radius 3 is 3.00 bits per heavy atom. The molecule has 0 unspecified atom stereocenters. The quantitative estimate of drug-likeness (QED) is 0.781. The Balaban J connectivity index is 2.02. The van der Waals surface area contributed by atoms with Crippen molar-refractivity contribution in [2.45, 2.75) is 12.8 Å². The van der Waals surface area contributed by atoms with Crippen molar-refractivity contribution in [1.29, 1.82) is 0 Å². The molecule has 2 aliphatic heterocycles. The van der Waals surface area contributed by atoms with Crippen LogP contribution in [0.3, 0.4) is 0 Å². The van der Waals surface area contributed by atoms with Crippen LogP contribution in [0.2, 0.25) is 0 Å². The minimum atomic E-state index is -0.218. The van der Waals surface area contributed by atoms with Gasteiger partial charge in [-0.05, 0) is 36.2 Å². The van der Waals surface area contributed by atoms with Crippen LogP contribution in [0.4, 0.5) is 4.39 Å². The number of fused-ring (bicyclic) bond motifs is 1. The molecule has 0 saturated heterocycles. The fourth-order valence-electron chi connectivity index (χ4n) is 2.33. The second-order valence-electron chi connectivity index (χ2n) is 4.23. The highest BCUT2D eigenvalue weighted by Gasteiger charge is 2.19. The summed E-state index contributed by atoms with van der Waals surface area (Å²) in [6.45, 7) is 2.46. The highest BCUT2D eigenvalue weighted by atomic mass is 19.1. The van der Waals surface area contributed by atoms with E-state index in [0.29, 0.717) is 12.4 Å². The lowest BCUT2D eigenvalue weighted by Gasteiger charge is -2.15. The monoisotopic (exact) mass is 219 g/mol. The lowest BCUT2D eigenvalue weighted by Crippen LogP contribution is -2.20. The topological polar surface area (TPSA) is 21.3 Å². The van der Waals surface area contributed by atoms with Gasteiger partial charge in [-0.2, -0.15) is 0 Å². The fraction of sp³-hybridized carbons (Fsp3) is 0.385. The molecule has 1 aromatic carbocycles. The maximum atomic E-state index is 13.7. The average Bonchev–Trinajstić information content (AvgIpc) is 2.79. The van der Waals surface area contributed by atoms with Gasteiger partial charge in [0.1, 0.15) is 0 Å². The minimum Gasteiger partial charge on any atom is -0.490 e. The number of ether oxygens (including phenoxy) is 1. The van der Waals surface area contributed by atoms with Crippen molar-refractivity contribution in [2.24, 2.45) is 0 Å². The van der Waals surface area contributed by atoms with Gasteiger partial charge in [0.05, 0.1) is 6.61 Å². The molecule has 0 aromatic heterocycles. The van der Waals surface area contributed by atoms with Crippen LogP contribution in [-0.2, 0) is 6.42 Å². The molecule has 0 aliphatic carbocycles. The summed E-state index contributed by atoms with van der Waals surface area (Å²) >= 11 is 0. The summed E-state index contributed by atoms with van der Waals surface area (Å²) in [6.07, 6.45) is 3.94. The summed E-state index contributed by atoms with van der Waals surface area (Å²) in [5.74, 6) is 0.239. The Morgan fingerprint density at radius 1 is 1.25 bits per heavy atom. The first kappa shape index (κ1) is 9.85. The summed E-state index contributed by atoms with van der Waals surface area (Å²) in [4.78, 5) is 0. The first-order chi connectivity index (χ1) is 7.84. The molecule has 1 N–H and O–H groups in total. The molecule has 3 heteroatoms. The van der Waals surface area contributed by atoms with Crippen LogP contribution >= 0.6 is 0 Å². The Hall–Kier alpha value is -1.35. The number of hydrogen-bond donors (Lipinski definition) is 1. The van der Waals surface area contributed by atoms with E-state index in [1.54, 1.807) is 6.07 Å². The van der Waals surface area contributed by atoms with E-state index in [9.17, 15) is 4.39 Å². The van der Waals surface area contributed by atoms with Crippen molar-refractivity contribution < 1.29 is 9.13 Å². The Morgan fingerprint density at radius 2 is 2.19 bits per heavy atom. The third-order valence-electron chi connectivity index (χ3n) is 3.17. The maximum Gasteiger partial charge on any atom is 0.165 e. The number of hydrogen-bond acceptors (Lipinski definition) is 2. The predicted molar refractivity (Wildman–Crippen MR) is 61.1 cm³/mol. The zero-order valence-corrected chi connectivity index (χ0v) is 9.05. The normalized spacial score (nSPS) is 18.9. The van der Waals surface area contributed by atoms with E-state index in [2.05, 4.69) is 17.5 Å². The summed E-state index contributed by atoms with van der Waals surface area (Å²) in [7, 11) is 0. The molecule has 0 atom stereocenters. The van der Waals surface area contributed by atoms with E-state index in [1.165, 1.54) is 5.57 Å². The van der Waals surface area contributed by atoms with Crippen molar-refractivity contribution in [2.75, 3.05) is 19.7 Å². The Bertz CT molecular complexity index is 453. The summed E-state index contributed by atoms with van der Waals surface area (Å²) in [6, 6.07) is 3.67. The molecular weight excluding hydrogens is 205 g/mol. The van der Waals surface area contributed by atoms with Gasteiger partial charge in [0.25, 0.3) is 0 Å². The molecule has 2 aliphatic rings. The van der Waals surface area contributed by atoms with Crippen LogP contribution in [0.5, 0.6) is 5.75 Å². The molecule has 0 radical (unpaired) electrons. The smallest absolute Gasteiger partial charge is 0.165 e. The summed E-state index contributed by atoms with van der Waals surface area (Å²) in [5.41, 5.74) is 3.27. The van der Waals surface area contributed by atoms with E-state index in [1.807, 2.05) is 0 Å². The summed E-state index contributed by atoms with van der Waals surface area (Å²) < 4.78 is 19.0. The van der Waals surface area contributed by atoms with E-state index < -0.39 is 0 Å².